The minimum absolute atomic E-state index is 0.298. The Hall–Kier alpha value is -3.93. The zero-order valence-corrected chi connectivity index (χ0v) is 19.9. The van der Waals surface area contributed by atoms with Crippen molar-refractivity contribution in [2.24, 2.45) is 4.99 Å². The van der Waals surface area contributed by atoms with Crippen molar-refractivity contribution in [1.29, 1.82) is 0 Å². The van der Waals surface area contributed by atoms with E-state index in [1.54, 1.807) is 18.5 Å². The lowest BCUT2D eigenvalue weighted by atomic mass is 9.98. The van der Waals surface area contributed by atoms with Crippen molar-refractivity contribution >= 4 is 28.1 Å². The van der Waals surface area contributed by atoms with Crippen molar-refractivity contribution < 1.29 is 4.39 Å². The molecular formula is C28H28FN5. The molecule has 6 heteroatoms. The van der Waals surface area contributed by atoms with Crippen LogP contribution in [-0.4, -0.2) is 27.2 Å². The summed E-state index contributed by atoms with van der Waals surface area (Å²) in [5.41, 5.74) is 8.51. The Labute approximate surface area is 199 Å². The Morgan fingerprint density at radius 2 is 1.94 bits per heavy atom. The lowest BCUT2D eigenvalue weighted by Gasteiger charge is -2.12. The van der Waals surface area contributed by atoms with Gasteiger partial charge < -0.3 is 5.32 Å². The minimum atomic E-state index is -0.298. The van der Waals surface area contributed by atoms with Gasteiger partial charge in [-0.2, -0.15) is 0 Å². The molecule has 0 unspecified atom stereocenters. The Morgan fingerprint density at radius 3 is 2.71 bits per heavy atom. The summed E-state index contributed by atoms with van der Waals surface area (Å²) >= 11 is 0. The predicted molar refractivity (Wildman–Crippen MR) is 139 cm³/mol. The minimum Gasteiger partial charge on any atom is -0.364 e. The van der Waals surface area contributed by atoms with Crippen molar-refractivity contribution in [1.82, 2.24) is 15.0 Å². The van der Waals surface area contributed by atoms with Crippen LogP contribution in [0.5, 0.6) is 0 Å². The quantitative estimate of drug-likeness (QED) is 0.319. The average Bonchev–Trinajstić information content (AvgIpc) is 2.82. The summed E-state index contributed by atoms with van der Waals surface area (Å²) in [7, 11) is 0. The molecule has 0 radical (unpaired) electrons. The van der Waals surface area contributed by atoms with Gasteiger partial charge in [0, 0.05) is 30.6 Å². The molecule has 172 valence electrons. The molecule has 2 heterocycles. The van der Waals surface area contributed by atoms with Crippen molar-refractivity contribution in [2.45, 2.75) is 34.2 Å². The number of nitrogens with one attached hydrogen (secondary N) is 1. The van der Waals surface area contributed by atoms with Crippen LogP contribution >= 0.6 is 0 Å². The smallest absolute Gasteiger partial charge is 0.154 e. The number of pyridine rings is 1. The number of aromatic nitrogens is 3. The van der Waals surface area contributed by atoms with Crippen LogP contribution in [0.1, 0.15) is 37.5 Å². The number of nitrogens with zero attached hydrogens (tertiary/aromatic N) is 4. The Bertz CT molecular complexity index is 1390. The van der Waals surface area contributed by atoms with Crippen molar-refractivity contribution in [3.05, 3.63) is 89.5 Å². The Kier molecular flexibility index (Phi) is 7.07. The van der Waals surface area contributed by atoms with Gasteiger partial charge in [-0.1, -0.05) is 30.3 Å². The van der Waals surface area contributed by atoms with E-state index in [0.29, 0.717) is 34.7 Å². The van der Waals surface area contributed by atoms with Gasteiger partial charge in [0.2, 0.25) is 0 Å². The van der Waals surface area contributed by atoms with E-state index in [0.717, 1.165) is 17.8 Å². The van der Waals surface area contributed by atoms with Gasteiger partial charge in [0.05, 0.1) is 17.4 Å². The molecule has 0 fully saturated rings. The molecule has 1 N–H and O–H groups in total. The fraction of sp³-hybridized carbons (Fsp3) is 0.214. The van der Waals surface area contributed by atoms with E-state index in [9.17, 15) is 4.39 Å². The van der Waals surface area contributed by atoms with Gasteiger partial charge in [-0.25, -0.2) is 19.3 Å². The number of allylic oxidation sites excluding steroid dienone is 2. The first-order valence-electron chi connectivity index (χ1n) is 11.4. The van der Waals surface area contributed by atoms with Crippen LogP contribution in [-0.2, 0) is 6.54 Å². The molecule has 0 amide bonds. The summed E-state index contributed by atoms with van der Waals surface area (Å²) in [4.78, 5) is 18.1. The van der Waals surface area contributed by atoms with Crippen molar-refractivity contribution in [3.63, 3.8) is 0 Å². The maximum atomic E-state index is 13.6. The van der Waals surface area contributed by atoms with Gasteiger partial charge in [-0.15, -0.1) is 0 Å². The van der Waals surface area contributed by atoms with Gasteiger partial charge in [0.25, 0.3) is 0 Å². The van der Waals surface area contributed by atoms with Crippen molar-refractivity contribution in [2.75, 3.05) is 11.9 Å². The Morgan fingerprint density at radius 1 is 1.09 bits per heavy atom. The monoisotopic (exact) mass is 453 g/mol. The molecule has 0 saturated carbocycles. The first kappa shape index (κ1) is 23.2. The van der Waals surface area contributed by atoms with E-state index >= 15 is 0 Å². The molecule has 0 spiro atoms. The number of rotatable bonds is 7. The van der Waals surface area contributed by atoms with Crippen LogP contribution in [0.15, 0.2) is 72.0 Å². The van der Waals surface area contributed by atoms with E-state index in [1.807, 2.05) is 26.0 Å². The highest BCUT2D eigenvalue weighted by Gasteiger charge is 2.09. The first-order valence-corrected chi connectivity index (χ1v) is 11.4. The van der Waals surface area contributed by atoms with Gasteiger partial charge in [0.1, 0.15) is 11.3 Å². The molecule has 4 rings (SSSR count). The third-order valence-corrected chi connectivity index (χ3v) is 5.59. The van der Waals surface area contributed by atoms with E-state index in [1.165, 1.54) is 28.8 Å². The summed E-state index contributed by atoms with van der Waals surface area (Å²) in [6.07, 6.45) is 5.49. The fourth-order valence-corrected chi connectivity index (χ4v) is 4.01. The van der Waals surface area contributed by atoms with Crippen LogP contribution in [0, 0.1) is 12.7 Å². The Balaban J connectivity index is 1.53. The molecule has 5 nitrogen and oxygen atoms in total. The number of aliphatic imine (C=N–C) groups is 1. The largest absolute Gasteiger partial charge is 0.364 e. The zero-order valence-electron chi connectivity index (χ0n) is 19.9. The van der Waals surface area contributed by atoms with E-state index in [-0.39, 0.29) is 5.82 Å². The third-order valence-electron chi connectivity index (χ3n) is 5.59. The summed E-state index contributed by atoms with van der Waals surface area (Å²) in [6, 6.07) is 14.6. The first-order chi connectivity index (χ1) is 16.4. The summed E-state index contributed by atoms with van der Waals surface area (Å²) in [6.45, 7) is 9.71. The molecule has 2 aromatic carbocycles. The van der Waals surface area contributed by atoms with Crippen molar-refractivity contribution in [3.8, 4) is 11.3 Å². The van der Waals surface area contributed by atoms with Gasteiger partial charge in [-0.05, 0) is 74.2 Å². The van der Waals surface area contributed by atoms with Crippen LogP contribution < -0.4 is 5.32 Å². The number of halogens is 1. The topological polar surface area (TPSA) is 63.1 Å². The standard InChI is InChI=1S/C28H28FN5/c1-5-30-20(4)13-18(2)24-10-9-21(14-19(24)3)16-33-28-27-25(11-12-31-28)34-26(17-32-27)22-7-6-8-23(29)15-22/h6-15,17H,5,16H2,1-4H3,(H,31,33)/b18-13+,30-20-. The highest BCUT2D eigenvalue weighted by Crippen LogP contribution is 2.24. The van der Waals surface area contributed by atoms with Gasteiger partial charge >= 0.3 is 0 Å². The van der Waals surface area contributed by atoms with E-state index in [4.69, 9.17) is 0 Å². The van der Waals surface area contributed by atoms with Crippen LogP contribution in [0.25, 0.3) is 27.9 Å². The second-order valence-corrected chi connectivity index (χ2v) is 8.24. The zero-order chi connectivity index (χ0) is 24.1. The molecule has 34 heavy (non-hydrogen) atoms. The average molecular weight is 454 g/mol. The highest BCUT2D eigenvalue weighted by molar-refractivity contribution is 5.99. The fourth-order valence-electron chi connectivity index (χ4n) is 4.01. The van der Waals surface area contributed by atoms with E-state index in [2.05, 4.69) is 63.4 Å². The molecule has 0 aliphatic heterocycles. The second-order valence-electron chi connectivity index (χ2n) is 8.24. The molecule has 0 saturated heterocycles. The third kappa shape index (κ3) is 5.34. The van der Waals surface area contributed by atoms with Gasteiger partial charge in [0.15, 0.2) is 5.82 Å². The highest BCUT2D eigenvalue weighted by atomic mass is 19.1. The van der Waals surface area contributed by atoms with Crippen LogP contribution in [0.4, 0.5) is 10.2 Å². The number of hydrogen-bond donors (Lipinski definition) is 1. The summed E-state index contributed by atoms with van der Waals surface area (Å²) < 4.78 is 13.6. The number of aryl methyl sites for hydroxylation is 1. The number of anilines is 1. The number of fused-ring (bicyclic) bond motifs is 1. The summed E-state index contributed by atoms with van der Waals surface area (Å²) in [5.74, 6) is 0.368. The normalized spacial score (nSPS) is 12.3. The predicted octanol–water partition coefficient (Wildman–Crippen LogP) is 6.64. The number of hydrogen-bond acceptors (Lipinski definition) is 5. The molecule has 4 aromatic rings. The van der Waals surface area contributed by atoms with Gasteiger partial charge in [-0.3, -0.25) is 4.99 Å². The SMILES string of the molecule is CC/N=C(C)\C=C(/C)c1ccc(CNc2nccc3nc(-c4cccc(F)c4)cnc23)cc1C. The molecule has 0 aliphatic carbocycles. The molecule has 0 bridgehead atoms. The maximum Gasteiger partial charge on any atom is 0.154 e. The molecule has 0 atom stereocenters. The van der Waals surface area contributed by atoms with Crippen LogP contribution in [0.2, 0.25) is 0 Å². The maximum absolute atomic E-state index is 13.6. The molecule has 2 aromatic heterocycles. The summed E-state index contributed by atoms with van der Waals surface area (Å²) in [5, 5.41) is 3.39. The van der Waals surface area contributed by atoms with Crippen LogP contribution in [0.3, 0.4) is 0 Å². The lowest BCUT2D eigenvalue weighted by Crippen LogP contribution is -2.04. The second kappa shape index (κ2) is 10.3. The van der Waals surface area contributed by atoms with E-state index < -0.39 is 0 Å². The molecule has 0 aliphatic rings. The number of benzene rings is 2. The lowest BCUT2D eigenvalue weighted by molar-refractivity contribution is 0.628. The molecular weight excluding hydrogens is 425 g/mol.